The maximum atomic E-state index is 9.72. The van der Waals surface area contributed by atoms with Crippen molar-refractivity contribution in [1.29, 1.82) is 0 Å². The highest BCUT2D eigenvalue weighted by atomic mass is 16.6. The Hall–Kier alpha value is -1.30. The molecule has 1 aliphatic heterocycles. The van der Waals surface area contributed by atoms with Gasteiger partial charge in [0.05, 0.1) is 19.3 Å². The first-order valence-electron chi connectivity index (χ1n) is 6.10. The Morgan fingerprint density at radius 1 is 1.44 bits per heavy atom. The van der Waals surface area contributed by atoms with Crippen molar-refractivity contribution in [2.75, 3.05) is 32.2 Å². The molecule has 2 unspecified atom stereocenters. The van der Waals surface area contributed by atoms with Gasteiger partial charge in [-0.1, -0.05) is 6.07 Å². The van der Waals surface area contributed by atoms with Gasteiger partial charge in [0.2, 0.25) is 0 Å². The lowest BCUT2D eigenvalue weighted by molar-refractivity contribution is -0.0264. The van der Waals surface area contributed by atoms with Gasteiger partial charge in [0.25, 0.3) is 0 Å². The SMILES string of the molecule is Nc1cccc(OCC(O)COC2CCOC2)c1. The Morgan fingerprint density at radius 2 is 2.33 bits per heavy atom. The van der Waals surface area contributed by atoms with Crippen LogP contribution in [-0.4, -0.2) is 43.7 Å². The van der Waals surface area contributed by atoms with Crippen LogP contribution in [0, 0.1) is 0 Å². The van der Waals surface area contributed by atoms with E-state index in [9.17, 15) is 5.11 Å². The van der Waals surface area contributed by atoms with E-state index in [0.29, 0.717) is 18.0 Å². The van der Waals surface area contributed by atoms with Gasteiger partial charge in [-0.15, -0.1) is 0 Å². The number of hydrogen-bond acceptors (Lipinski definition) is 5. The first-order valence-corrected chi connectivity index (χ1v) is 6.10. The van der Waals surface area contributed by atoms with Crippen LogP contribution in [0.3, 0.4) is 0 Å². The minimum absolute atomic E-state index is 0.104. The van der Waals surface area contributed by atoms with Crippen molar-refractivity contribution in [3.05, 3.63) is 24.3 Å². The van der Waals surface area contributed by atoms with E-state index in [4.69, 9.17) is 19.9 Å². The van der Waals surface area contributed by atoms with Crippen LogP contribution in [0.25, 0.3) is 0 Å². The summed E-state index contributed by atoms with van der Waals surface area (Å²) in [6.45, 7) is 1.80. The fourth-order valence-corrected chi connectivity index (χ4v) is 1.74. The summed E-state index contributed by atoms with van der Waals surface area (Å²) in [5, 5.41) is 9.72. The van der Waals surface area contributed by atoms with Gasteiger partial charge in [0, 0.05) is 18.4 Å². The molecule has 0 aliphatic carbocycles. The number of ether oxygens (including phenoxy) is 3. The molecule has 0 saturated carbocycles. The van der Waals surface area contributed by atoms with Crippen molar-refractivity contribution in [1.82, 2.24) is 0 Å². The van der Waals surface area contributed by atoms with Crippen molar-refractivity contribution < 1.29 is 19.3 Å². The highest BCUT2D eigenvalue weighted by Gasteiger charge is 2.17. The molecule has 18 heavy (non-hydrogen) atoms. The van der Waals surface area contributed by atoms with Crippen LogP contribution < -0.4 is 10.5 Å². The lowest BCUT2D eigenvalue weighted by atomic mass is 10.3. The van der Waals surface area contributed by atoms with Crippen LogP contribution in [0.15, 0.2) is 24.3 Å². The lowest BCUT2D eigenvalue weighted by Gasteiger charge is -2.15. The van der Waals surface area contributed by atoms with Gasteiger partial charge in [-0.3, -0.25) is 0 Å². The van der Waals surface area contributed by atoms with Gasteiger partial charge >= 0.3 is 0 Å². The molecular weight excluding hydrogens is 234 g/mol. The largest absolute Gasteiger partial charge is 0.491 e. The lowest BCUT2D eigenvalue weighted by Crippen LogP contribution is -2.27. The number of nitrogens with two attached hydrogens (primary N) is 1. The second kappa shape index (κ2) is 6.58. The van der Waals surface area contributed by atoms with Gasteiger partial charge in [0.1, 0.15) is 18.5 Å². The average molecular weight is 253 g/mol. The van der Waals surface area contributed by atoms with Crippen molar-refractivity contribution >= 4 is 5.69 Å². The molecule has 3 N–H and O–H groups in total. The summed E-state index contributed by atoms with van der Waals surface area (Å²) in [6.07, 6.45) is 0.349. The third kappa shape index (κ3) is 4.18. The summed E-state index contributed by atoms with van der Waals surface area (Å²) in [6, 6.07) is 7.11. The van der Waals surface area contributed by atoms with Crippen LogP contribution in [-0.2, 0) is 9.47 Å². The predicted molar refractivity (Wildman–Crippen MR) is 67.5 cm³/mol. The maximum absolute atomic E-state index is 9.72. The molecule has 0 amide bonds. The predicted octanol–water partition coefficient (Wildman–Crippen LogP) is 0.814. The zero-order chi connectivity index (χ0) is 12.8. The number of rotatable bonds is 6. The van der Waals surface area contributed by atoms with E-state index in [2.05, 4.69) is 0 Å². The molecule has 0 aromatic heterocycles. The third-order valence-electron chi connectivity index (χ3n) is 2.71. The molecule has 1 aromatic carbocycles. The van der Waals surface area contributed by atoms with Gasteiger partial charge in [-0.2, -0.15) is 0 Å². The average Bonchev–Trinajstić information content (AvgIpc) is 2.87. The number of nitrogen functional groups attached to an aromatic ring is 1. The molecule has 5 nitrogen and oxygen atoms in total. The molecule has 1 saturated heterocycles. The summed E-state index contributed by atoms with van der Waals surface area (Å²) in [7, 11) is 0. The Bertz CT molecular complexity index is 366. The van der Waals surface area contributed by atoms with E-state index in [1.165, 1.54) is 0 Å². The van der Waals surface area contributed by atoms with Crippen LogP contribution >= 0.6 is 0 Å². The molecule has 5 heteroatoms. The molecule has 1 aliphatic rings. The number of hydrogen-bond donors (Lipinski definition) is 2. The highest BCUT2D eigenvalue weighted by Crippen LogP contribution is 2.15. The molecule has 1 fully saturated rings. The zero-order valence-corrected chi connectivity index (χ0v) is 10.2. The zero-order valence-electron chi connectivity index (χ0n) is 10.2. The summed E-state index contributed by atoms with van der Waals surface area (Å²) in [5.41, 5.74) is 6.27. The molecule has 1 aromatic rings. The van der Waals surface area contributed by atoms with Gasteiger partial charge in [0.15, 0.2) is 0 Å². The van der Waals surface area contributed by atoms with E-state index in [0.717, 1.165) is 13.0 Å². The molecule has 1 heterocycles. The van der Waals surface area contributed by atoms with Crippen LogP contribution in [0.2, 0.25) is 0 Å². The van der Waals surface area contributed by atoms with E-state index in [1.807, 2.05) is 6.07 Å². The van der Waals surface area contributed by atoms with Crippen LogP contribution in [0.4, 0.5) is 5.69 Å². The standard InChI is InChI=1S/C13H19NO4/c14-10-2-1-3-12(6-10)17-7-11(15)8-18-13-4-5-16-9-13/h1-3,6,11,13,15H,4-5,7-9,14H2. The van der Waals surface area contributed by atoms with Crippen molar-refractivity contribution in [3.8, 4) is 5.75 Å². The summed E-state index contributed by atoms with van der Waals surface area (Å²) in [4.78, 5) is 0. The normalized spacial score (nSPS) is 20.8. The number of benzene rings is 1. The Balaban J connectivity index is 1.66. The fraction of sp³-hybridized carbons (Fsp3) is 0.538. The Kier molecular flexibility index (Phi) is 4.81. The second-order valence-corrected chi connectivity index (χ2v) is 4.36. The van der Waals surface area contributed by atoms with Crippen LogP contribution in [0.5, 0.6) is 5.75 Å². The van der Waals surface area contributed by atoms with E-state index >= 15 is 0 Å². The minimum atomic E-state index is -0.646. The van der Waals surface area contributed by atoms with Crippen LogP contribution in [0.1, 0.15) is 6.42 Å². The number of anilines is 1. The summed E-state index contributed by atoms with van der Waals surface area (Å²) < 4.78 is 16.1. The van der Waals surface area contributed by atoms with E-state index in [-0.39, 0.29) is 19.3 Å². The van der Waals surface area contributed by atoms with Crippen molar-refractivity contribution in [2.24, 2.45) is 0 Å². The Labute approximate surface area is 106 Å². The first-order chi connectivity index (χ1) is 8.74. The molecule has 0 radical (unpaired) electrons. The molecule has 0 bridgehead atoms. The first kappa shape index (κ1) is 13.1. The Morgan fingerprint density at radius 3 is 3.06 bits per heavy atom. The monoisotopic (exact) mass is 253 g/mol. The molecule has 2 rings (SSSR count). The highest BCUT2D eigenvalue weighted by molar-refractivity contribution is 5.43. The van der Waals surface area contributed by atoms with Gasteiger partial charge < -0.3 is 25.1 Å². The quantitative estimate of drug-likeness (QED) is 0.734. The molecular formula is C13H19NO4. The fourth-order valence-electron chi connectivity index (χ4n) is 1.74. The maximum Gasteiger partial charge on any atom is 0.121 e. The van der Waals surface area contributed by atoms with Gasteiger partial charge in [-0.05, 0) is 18.6 Å². The number of aliphatic hydroxyl groups is 1. The minimum Gasteiger partial charge on any atom is -0.491 e. The smallest absolute Gasteiger partial charge is 0.121 e. The second-order valence-electron chi connectivity index (χ2n) is 4.36. The van der Waals surface area contributed by atoms with Crippen molar-refractivity contribution in [2.45, 2.75) is 18.6 Å². The summed E-state index contributed by atoms with van der Waals surface area (Å²) in [5.74, 6) is 0.651. The topological polar surface area (TPSA) is 73.9 Å². The van der Waals surface area contributed by atoms with Gasteiger partial charge in [-0.25, -0.2) is 0 Å². The van der Waals surface area contributed by atoms with E-state index < -0.39 is 6.10 Å². The molecule has 2 atom stereocenters. The molecule has 0 spiro atoms. The van der Waals surface area contributed by atoms with Crippen molar-refractivity contribution in [3.63, 3.8) is 0 Å². The number of aliphatic hydroxyl groups excluding tert-OH is 1. The third-order valence-corrected chi connectivity index (χ3v) is 2.71. The molecule has 100 valence electrons. The summed E-state index contributed by atoms with van der Waals surface area (Å²) >= 11 is 0. The van der Waals surface area contributed by atoms with E-state index in [1.54, 1.807) is 18.2 Å².